The van der Waals surface area contributed by atoms with E-state index in [1.807, 2.05) is 7.11 Å². The number of methoxy groups -OCH3 is 1. The van der Waals surface area contributed by atoms with E-state index in [-0.39, 0.29) is 0 Å². The summed E-state index contributed by atoms with van der Waals surface area (Å²) < 4.78 is 5.40. The molecule has 16 heavy (non-hydrogen) atoms. The Hall–Kier alpha value is -0.120. The quantitative estimate of drug-likeness (QED) is 0.788. The van der Waals surface area contributed by atoms with E-state index in [0.29, 0.717) is 12.1 Å². The Morgan fingerprint density at radius 2 is 2.12 bits per heavy atom. The first-order valence-corrected chi connectivity index (χ1v) is 6.76. The third-order valence-corrected chi connectivity index (χ3v) is 4.28. The Kier molecular flexibility index (Phi) is 4.62. The first-order chi connectivity index (χ1) is 7.79. The van der Waals surface area contributed by atoms with Gasteiger partial charge in [0.2, 0.25) is 0 Å². The molecule has 0 spiro atoms. The van der Waals surface area contributed by atoms with Crippen LogP contribution in [0.25, 0.3) is 0 Å². The minimum absolute atomic E-state index is 0.501. The summed E-state index contributed by atoms with van der Waals surface area (Å²) in [6.07, 6.45) is 8.37. The van der Waals surface area contributed by atoms with Gasteiger partial charge >= 0.3 is 0 Å². The predicted molar refractivity (Wildman–Crippen MR) is 66.7 cm³/mol. The lowest BCUT2D eigenvalue weighted by molar-refractivity contribution is 0.106. The molecule has 0 aromatic heterocycles. The Labute approximate surface area is 99.5 Å². The van der Waals surface area contributed by atoms with E-state index in [0.717, 1.165) is 12.6 Å². The van der Waals surface area contributed by atoms with E-state index >= 15 is 0 Å². The molecule has 1 N–H and O–H groups in total. The van der Waals surface area contributed by atoms with E-state index in [1.165, 1.54) is 45.1 Å². The van der Waals surface area contributed by atoms with Gasteiger partial charge in [0.15, 0.2) is 0 Å². The van der Waals surface area contributed by atoms with Crippen LogP contribution in [0.2, 0.25) is 0 Å². The summed E-state index contributed by atoms with van der Waals surface area (Å²) in [7, 11) is 4.10. The van der Waals surface area contributed by atoms with Gasteiger partial charge in [-0.3, -0.25) is 0 Å². The molecular weight excluding hydrogens is 200 g/mol. The van der Waals surface area contributed by atoms with Crippen LogP contribution in [0.5, 0.6) is 0 Å². The number of piperidine rings is 1. The van der Waals surface area contributed by atoms with E-state index in [1.54, 1.807) is 0 Å². The second-order valence-corrected chi connectivity index (χ2v) is 5.41. The molecule has 1 aliphatic heterocycles. The molecule has 3 atom stereocenters. The summed E-state index contributed by atoms with van der Waals surface area (Å²) >= 11 is 0. The molecule has 0 radical (unpaired) electrons. The van der Waals surface area contributed by atoms with Crippen molar-refractivity contribution in [2.75, 3.05) is 27.2 Å². The fourth-order valence-corrected chi connectivity index (χ4v) is 3.04. The fourth-order valence-electron chi connectivity index (χ4n) is 3.04. The number of hydrogen-bond acceptors (Lipinski definition) is 3. The van der Waals surface area contributed by atoms with Crippen LogP contribution < -0.4 is 5.32 Å². The van der Waals surface area contributed by atoms with Gasteiger partial charge in [0.1, 0.15) is 0 Å². The van der Waals surface area contributed by atoms with Crippen LogP contribution in [0.1, 0.15) is 38.5 Å². The Morgan fingerprint density at radius 3 is 2.81 bits per heavy atom. The van der Waals surface area contributed by atoms with E-state index < -0.39 is 0 Å². The molecule has 94 valence electrons. The van der Waals surface area contributed by atoms with Crippen LogP contribution in [-0.4, -0.2) is 50.3 Å². The van der Waals surface area contributed by atoms with Gasteiger partial charge in [0.05, 0.1) is 6.10 Å². The highest BCUT2D eigenvalue weighted by Crippen LogP contribution is 2.22. The van der Waals surface area contributed by atoms with E-state index in [9.17, 15) is 0 Å². The first-order valence-electron chi connectivity index (χ1n) is 6.76. The molecule has 1 saturated carbocycles. The smallest absolute Gasteiger partial charge is 0.0586 e. The number of nitrogens with one attached hydrogen (secondary N) is 1. The van der Waals surface area contributed by atoms with Crippen LogP contribution in [-0.2, 0) is 4.74 Å². The molecule has 3 unspecified atom stereocenters. The van der Waals surface area contributed by atoms with Crippen molar-refractivity contribution in [1.82, 2.24) is 10.2 Å². The zero-order valence-corrected chi connectivity index (χ0v) is 10.7. The van der Waals surface area contributed by atoms with Crippen molar-refractivity contribution < 1.29 is 4.74 Å². The molecule has 0 aromatic carbocycles. The Morgan fingerprint density at radius 1 is 1.25 bits per heavy atom. The molecule has 2 rings (SSSR count). The maximum absolute atomic E-state index is 5.40. The van der Waals surface area contributed by atoms with Crippen LogP contribution >= 0.6 is 0 Å². The van der Waals surface area contributed by atoms with Gasteiger partial charge in [-0.2, -0.15) is 0 Å². The summed E-state index contributed by atoms with van der Waals surface area (Å²) in [6, 6.07) is 1.45. The second kappa shape index (κ2) is 5.99. The average Bonchev–Trinajstić information content (AvgIpc) is 2.76. The van der Waals surface area contributed by atoms with Crippen LogP contribution in [0.3, 0.4) is 0 Å². The van der Waals surface area contributed by atoms with Crippen molar-refractivity contribution in [1.29, 1.82) is 0 Å². The van der Waals surface area contributed by atoms with Gasteiger partial charge in [-0.05, 0) is 45.7 Å². The lowest BCUT2D eigenvalue weighted by Gasteiger charge is -2.33. The summed E-state index contributed by atoms with van der Waals surface area (Å²) in [4.78, 5) is 2.51. The van der Waals surface area contributed by atoms with Gasteiger partial charge < -0.3 is 15.0 Å². The van der Waals surface area contributed by atoms with Crippen LogP contribution in [0.4, 0.5) is 0 Å². The maximum atomic E-state index is 5.40. The van der Waals surface area contributed by atoms with Crippen molar-refractivity contribution in [2.24, 2.45) is 0 Å². The summed E-state index contributed by atoms with van der Waals surface area (Å²) in [5.74, 6) is 0. The van der Waals surface area contributed by atoms with Gasteiger partial charge in [-0.15, -0.1) is 0 Å². The Bertz CT molecular complexity index is 210. The summed E-state index contributed by atoms with van der Waals surface area (Å²) in [5, 5.41) is 3.72. The van der Waals surface area contributed by atoms with Crippen molar-refractivity contribution in [3.05, 3.63) is 0 Å². The standard InChI is InChI=1S/C13H26N2O/c1-15-8-4-3-5-12(15)10-14-11-6-7-13(9-11)16-2/h11-14H,3-10H2,1-2H3. The Balaban J connectivity index is 1.67. The van der Waals surface area contributed by atoms with Gasteiger partial charge in [-0.1, -0.05) is 6.42 Å². The average molecular weight is 226 g/mol. The number of ether oxygens (including phenoxy) is 1. The maximum Gasteiger partial charge on any atom is 0.0586 e. The number of nitrogens with zero attached hydrogens (tertiary/aromatic N) is 1. The lowest BCUT2D eigenvalue weighted by Crippen LogP contribution is -2.45. The SMILES string of the molecule is COC1CCC(NCC2CCCCN2C)C1. The monoisotopic (exact) mass is 226 g/mol. The molecule has 1 heterocycles. The molecule has 2 aliphatic rings. The predicted octanol–water partition coefficient (Wildman–Crippen LogP) is 1.63. The van der Waals surface area contributed by atoms with E-state index in [2.05, 4.69) is 17.3 Å². The normalized spacial score (nSPS) is 36.8. The first kappa shape index (κ1) is 12.3. The molecule has 3 heteroatoms. The van der Waals surface area contributed by atoms with Crippen LogP contribution in [0, 0.1) is 0 Å². The van der Waals surface area contributed by atoms with Crippen LogP contribution in [0.15, 0.2) is 0 Å². The van der Waals surface area contributed by atoms with E-state index in [4.69, 9.17) is 4.74 Å². The van der Waals surface area contributed by atoms with Gasteiger partial charge in [0, 0.05) is 25.7 Å². The zero-order chi connectivity index (χ0) is 11.4. The molecule has 0 aromatic rings. The number of hydrogen-bond donors (Lipinski definition) is 1. The molecule has 1 aliphatic carbocycles. The number of likely N-dealkylation sites (tertiary alicyclic amines) is 1. The molecule has 2 fully saturated rings. The third kappa shape index (κ3) is 3.19. The fraction of sp³-hybridized carbons (Fsp3) is 1.00. The van der Waals surface area contributed by atoms with Crippen molar-refractivity contribution >= 4 is 0 Å². The summed E-state index contributed by atoms with van der Waals surface area (Å²) in [5.41, 5.74) is 0. The molecule has 3 nitrogen and oxygen atoms in total. The molecular formula is C13H26N2O. The highest BCUT2D eigenvalue weighted by molar-refractivity contribution is 4.84. The minimum atomic E-state index is 0.501. The lowest BCUT2D eigenvalue weighted by atomic mass is 10.0. The second-order valence-electron chi connectivity index (χ2n) is 5.41. The molecule has 0 bridgehead atoms. The minimum Gasteiger partial charge on any atom is -0.381 e. The highest BCUT2D eigenvalue weighted by Gasteiger charge is 2.25. The topological polar surface area (TPSA) is 24.5 Å². The summed E-state index contributed by atoms with van der Waals surface area (Å²) in [6.45, 7) is 2.44. The van der Waals surface area contributed by atoms with Gasteiger partial charge in [0.25, 0.3) is 0 Å². The third-order valence-electron chi connectivity index (χ3n) is 4.28. The molecule has 1 saturated heterocycles. The largest absolute Gasteiger partial charge is 0.381 e. The van der Waals surface area contributed by atoms with Crippen molar-refractivity contribution in [3.63, 3.8) is 0 Å². The number of likely N-dealkylation sites (N-methyl/N-ethyl adjacent to an activating group) is 1. The zero-order valence-electron chi connectivity index (χ0n) is 10.7. The number of rotatable bonds is 4. The highest BCUT2D eigenvalue weighted by atomic mass is 16.5. The molecule has 0 amide bonds. The van der Waals surface area contributed by atoms with Gasteiger partial charge in [-0.25, -0.2) is 0 Å². The van der Waals surface area contributed by atoms with Crippen molar-refractivity contribution in [2.45, 2.75) is 56.7 Å². The van der Waals surface area contributed by atoms with Crippen molar-refractivity contribution in [3.8, 4) is 0 Å².